The first kappa shape index (κ1) is 27.9. The fourth-order valence-corrected chi connectivity index (χ4v) is 7.60. The molecule has 0 fully saturated rings. The molecule has 0 saturated heterocycles. The summed E-state index contributed by atoms with van der Waals surface area (Å²) in [6, 6.07) is 51.3. The molecule has 0 aliphatic carbocycles. The molecule has 0 bridgehead atoms. The van der Waals surface area contributed by atoms with E-state index < -0.39 is 0 Å². The Morgan fingerprint density at radius 2 is 0.636 bits per heavy atom. The van der Waals surface area contributed by atoms with Gasteiger partial charge in [-0.15, -0.1) is 0 Å². The summed E-state index contributed by atoms with van der Waals surface area (Å²) in [6.07, 6.45) is 3.75. The van der Waals surface area contributed by atoms with Gasteiger partial charge in [-0.1, -0.05) is 122 Å². The van der Waals surface area contributed by atoms with Crippen LogP contribution >= 0.6 is 23.5 Å². The summed E-state index contributed by atoms with van der Waals surface area (Å²) >= 11 is 3.66. The quantitative estimate of drug-likeness (QED) is 0.198. The minimum Gasteiger partial charge on any atom is -0.308 e. The molecule has 44 heavy (non-hydrogen) atoms. The van der Waals surface area contributed by atoms with E-state index in [9.17, 15) is 0 Å². The second kappa shape index (κ2) is 12.4. The van der Waals surface area contributed by atoms with Crippen LogP contribution in [0.4, 0.5) is 34.1 Å². The largest absolute Gasteiger partial charge is 0.308 e. The van der Waals surface area contributed by atoms with Crippen LogP contribution in [-0.2, 0) is 0 Å². The lowest BCUT2D eigenvalue weighted by Crippen LogP contribution is -2.14. The molecule has 4 heteroatoms. The third-order valence-electron chi connectivity index (χ3n) is 7.64. The van der Waals surface area contributed by atoms with Crippen molar-refractivity contribution >= 4 is 69.8 Å². The second-order valence-corrected chi connectivity index (χ2v) is 12.5. The summed E-state index contributed by atoms with van der Waals surface area (Å²) in [4.78, 5) is 9.80. The zero-order valence-electron chi connectivity index (χ0n) is 24.1. The van der Waals surface area contributed by atoms with Crippen LogP contribution in [0.2, 0.25) is 0 Å². The molecule has 2 nitrogen and oxygen atoms in total. The van der Waals surface area contributed by atoms with E-state index in [0.29, 0.717) is 0 Å². The number of rotatable bonds is 4. The van der Waals surface area contributed by atoms with E-state index in [4.69, 9.17) is 0 Å². The molecule has 6 aromatic rings. The lowest BCUT2D eigenvalue weighted by molar-refractivity contribution is 1.17. The number of fused-ring (bicyclic) bond motifs is 4. The molecule has 0 saturated carbocycles. The fourth-order valence-electron chi connectivity index (χ4n) is 5.48. The van der Waals surface area contributed by atoms with Crippen LogP contribution in [0.25, 0.3) is 12.2 Å². The van der Waals surface area contributed by atoms with E-state index in [1.807, 2.05) is 35.7 Å². The van der Waals surface area contributed by atoms with E-state index in [1.54, 1.807) is 0 Å². The van der Waals surface area contributed by atoms with Crippen molar-refractivity contribution in [2.45, 2.75) is 19.6 Å². The van der Waals surface area contributed by atoms with Crippen LogP contribution in [0.3, 0.4) is 0 Å². The average molecular weight is 603 g/mol. The molecular formula is C40H30N2S2. The van der Waals surface area contributed by atoms with Gasteiger partial charge >= 0.3 is 0 Å². The minimum absolute atomic E-state index is 1.14. The molecule has 2 aliphatic rings. The lowest BCUT2D eigenvalue weighted by Gasteiger charge is -2.32. The monoisotopic (exact) mass is 602 g/mol. The van der Waals surface area contributed by atoms with Gasteiger partial charge in [0.1, 0.15) is 0 Å². The molecule has 6 aromatic carbocycles. The number of nitrogens with zero attached hydrogens (tertiary/aromatic N) is 2. The second-order valence-electron chi connectivity index (χ2n) is 10.3. The molecule has 0 amide bonds. The topological polar surface area (TPSA) is 6.48 Å². The Morgan fingerprint density at radius 3 is 0.909 bits per heavy atom. The fraction of sp³-hybridized carbons (Fsp3) is 0. The lowest BCUT2D eigenvalue weighted by atomic mass is 10.1. The number of hydrogen-bond acceptors (Lipinski definition) is 4. The van der Waals surface area contributed by atoms with Crippen molar-refractivity contribution in [3.8, 4) is 0 Å². The van der Waals surface area contributed by atoms with Crippen LogP contribution in [0.1, 0.15) is 11.1 Å². The summed E-state index contributed by atoms with van der Waals surface area (Å²) < 4.78 is 0. The molecule has 2 heterocycles. The van der Waals surface area contributed by atoms with Crippen LogP contribution < -0.4 is 9.80 Å². The Hall–Kier alpha value is -4.90. The first-order valence-electron chi connectivity index (χ1n) is 14.5. The number of hydrogen-bond donors (Lipinski definition) is 0. The Bertz CT molecular complexity index is 1730. The van der Waals surface area contributed by atoms with Gasteiger partial charge < -0.3 is 9.80 Å². The summed E-state index contributed by atoms with van der Waals surface area (Å²) in [7, 11) is 0. The Labute approximate surface area is 268 Å². The van der Waals surface area contributed by atoms with Crippen molar-refractivity contribution < 1.29 is 0 Å². The van der Waals surface area contributed by atoms with Gasteiger partial charge in [-0.3, -0.25) is 0 Å². The maximum Gasteiger partial charge on any atom is 0.0601 e. The van der Waals surface area contributed by atoms with Gasteiger partial charge in [0, 0.05) is 31.0 Å². The van der Waals surface area contributed by atoms with Gasteiger partial charge in [0.25, 0.3) is 0 Å². The number of anilines is 6. The third kappa shape index (κ3) is 5.35. The first-order valence-corrected chi connectivity index (χ1v) is 16.1. The molecule has 0 spiro atoms. The van der Waals surface area contributed by atoms with Crippen LogP contribution in [-0.4, -0.2) is 0 Å². The van der Waals surface area contributed by atoms with Gasteiger partial charge in [-0.25, -0.2) is 0 Å². The van der Waals surface area contributed by atoms with Gasteiger partial charge in [-0.2, -0.15) is 0 Å². The standard InChI is InChI=1S/2C20H15NS/c2*1-2-15-11-13-16(14-12-15)21-17-7-3-5-9-19(17)22-20-10-6-4-8-18(20)21/h2*2-14H,1H2. The van der Waals surface area contributed by atoms with Gasteiger partial charge in [0.05, 0.1) is 22.7 Å². The van der Waals surface area contributed by atoms with Crippen molar-refractivity contribution in [3.05, 3.63) is 170 Å². The Balaban J connectivity index is 0.000000142. The van der Waals surface area contributed by atoms with E-state index in [0.717, 1.165) is 11.1 Å². The summed E-state index contributed by atoms with van der Waals surface area (Å²) in [5.74, 6) is 0. The Morgan fingerprint density at radius 1 is 0.364 bits per heavy atom. The summed E-state index contributed by atoms with van der Waals surface area (Å²) in [6.45, 7) is 7.66. The molecule has 0 aromatic heterocycles. The highest BCUT2D eigenvalue weighted by molar-refractivity contribution is 8.00. The summed E-state index contributed by atoms with van der Waals surface area (Å²) in [5, 5.41) is 0. The Kier molecular flexibility index (Phi) is 7.85. The van der Waals surface area contributed by atoms with Gasteiger partial charge in [-0.05, 0) is 83.9 Å². The van der Waals surface area contributed by atoms with Crippen molar-refractivity contribution in [2.24, 2.45) is 0 Å². The van der Waals surface area contributed by atoms with E-state index in [-0.39, 0.29) is 0 Å². The van der Waals surface area contributed by atoms with Gasteiger partial charge in [0.15, 0.2) is 0 Å². The van der Waals surface area contributed by atoms with Gasteiger partial charge in [0.2, 0.25) is 0 Å². The average Bonchev–Trinajstić information content (AvgIpc) is 3.10. The van der Waals surface area contributed by atoms with Crippen LogP contribution in [0, 0.1) is 0 Å². The highest BCUT2D eigenvalue weighted by atomic mass is 32.2. The minimum atomic E-state index is 1.14. The number of para-hydroxylation sites is 4. The highest BCUT2D eigenvalue weighted by Gasteiger charge is 2.25. The summed E-state index contributed by atoms with van der Waals surface area (Å²) in [5.41, 5.74) is 9.55. The molecule has 8 rings (SSSR count). The molecule has 0 N–H and O–H groups in total. The van der Waals surface area contributed by atoms with Crippen molar-refractivity contribution in [1.29, 1.82) is 0 Å². The van der Waals surface area contributed by atoms with E-state index in [1.165, 1.54) is 53.7 Å². The zero-order valence-corrected chi connectivity index (χ0v) is 25.8. The molecule has 0 unspecified atom stereocenters. The maximum absolute atomic E-state index is 3.83. The maximum atomic E-state index is 3.83. The highest BCUT2D eigenvalue weighted by Crippen LogP contribution is 2.52. The van der Waals surface area contributed by atoms with Crippen molar-refractivity contribution in [1.82, 2.24) is 0 Å². The molecular weight excluding hydrogens is 573 g/mol. The molecule has 0 radical (unpaired) electrons. The van der Waals surface area contributed by atoms with Crippen LogP contribution in [0.15, 0.2) is 178 Å². The SMILES string of the molecule is C=Cc1ccc(N2c3ccccc3Sc3ccccc32)cc1.C=Cc1ccc(N2c3ccccc3Sc3ccccc32)cc1. The molecule has 0 atom stereocenters. The predicted octanol–water partition coefficient (Wildman–Crippen LogP) is 12.5. The third-order valence-corrected chi connectivity index (χ3v) is 9.90. The number of benzene rings is 6. The normalized spacial score (nSPS) is 12.5. The zero-order chi connectivity index (χ0) is 29.9. The van der Waals surface area contributed by atoms with E-state index in [2.05, 4.69) is 169 Å². The van der Waals surface area contributed by atoms with Crippen molar-refractivity contribution in [3.63, 3.8) is 0 Å². The van der Waals surface area contributed by atoms with Crippen molar-refractivity contribution in [2.75, 3.05) is 9.80 Å². The molecule has 212 valence electrons. The first-order chi connectivity index (χ1) is 21.7. The van der Waals surface area contributed by atoms with Crippen LogP contribution in [0.5, 0.6) is 0 Å². The van der Waals surface area contributed by atoms with E-state index >= 15 is 0 Å². The predicted molar refractivity (Wildman–Crippen MR) is 191 cm³/mol. The smallest absolute Gasteiger partial charge is 0.0601 e. The molecule has 2 aliphatic heterocycles.